The lowest BCUT2D eigenvalue weighted by Crippen LogP contribution is -2.58. The number of aliphatic hydroxyl groups is 1. The third-order valence-corrected chi connectivity index (χ3v) is 4.92. The number of aliphatic hydroxyl groups excluding tert-OH is 1. The molecule has 0 unspecified atom stereocenters. The first kappa shape index (κ1) is 19.1. The molecule has 1 fully saturated rings. The van der Waals surface area contributed by atoms with Gasteiger partial charge in [-0.15, -0.1) is 0 Å². The Morgan fingerprint density at radius 1 is 1.38 bits per heavy atom. The number of morpholine rings is 1. The molecule has 0 amide bonds. The Hall–Kier alpha value is -1.64. The summed E-state index contributed by atoms with van der Waals surface area (Å²) in [4.78, 5) is 13.5. The molecule has 1 aliphatic heterocycles. The summed E-state index contributed by atoms with van der Waals surface area (Å²) in [6.07, 6.45) is -3.72. The Morgan fingerprint density at radius 2 is 2.15 bits per heavy atom. The molecule has 144 valence electrons. The first-order chi connectivity index (χ1) is 12.3. The Morgan fingerprint density at radius 3 is 2.81 bits per heavy atom. The lowest BCUT2D eigenvalue weighted by atomic mass is 9.83. The molecule has 0 saturated carbocycles. The van der Waals surface area contributed by atoms with Gasteiger partial charge in [0.1, 0.15) is 5.75 Å². The first-order valence-electron chi connectivity index (χ1n) is 8.73. The van der Waals surface area contributed by atoms with Gasteiger partial charge in [0.2, 0.25) is 0 Å². The average Bonchev–Trinajstić information content (AvgIpc) is 2.60. The van der Waals surface area contributed by atoms with Gasteiger partial charge in [0.05, 0.1) is 18.8 Å². The van der Waals surface area contributed by atoms with Crippen molar-refractivity contribution in [2.75, 3.05) is 19.7 Å². The van der Waals surface area contributed by atoms with Crippen molar-refractivity contribution in [2.45, 2.75) is 50.6 Å². The van der Waals surface area contributed by atoms with Crippen molar-refractivity contribution in [3.63, 3.8) is 0 Å². The molecule has 0 radical (unpaired) electrons. The number of fused-ring (bicyclic) bond motifs is 2. The van der Waals surface area contributed by atoms with Gasteiger partial charge in [-0.05, 0) is 31.0 Å². The molecule has 1 N–H and O–H groups in total. The van der Waals surface area contributed by atoms with Crippen molar-refractivity contribution in [1.29, 1.82) is 0 Å². The van der Waals surface area contributed by atoms with E-state index in [4.69, 9.17) is 4.74 Å². The number of halogens is 3. The van der Waals surface area contributed by atoms with Gasteiger partial charge in [0.15, 0.2) is 0 Å². The molecule has 1 saturated heterocycles. The van der Waals surface area contributed by atoms with Crippen LogP contribution in [-0.4, -0.2) is 60.1 Å². The molecule has 0 aromatic heterocycles. The quantitative estimate of drug-likeness (QED) is 0.647. The third-order valence-electron chi connectivity index (χ3n) is 4.92. The van der Waals surface area contributed by atoms with Crippen molar-refractivity contribution >= 4 is 5.97 Å². The van der Waals surface area contributed by atoms with E-state index in [2.05, 4.69) is 16.6 Å². The molecule has 3 rings (SSSR count). The van der Waals surface area contributed by atoms with E-state index in [9.17, 15) is 23.1 Å². The minimum absolute atomic E-state index is 0.0694. The lowest BCUT2D eigenvalue weighted by Gasteiger charge is -2.47. The Bertz CT molecular complexity index is 664. The fourth-order valence-corrected chi connectivity index (χ4v) is 3.82. The summed E-state index contributed by atoms with van der Waals surface area (Å²) >= 11 is 0. The van der Waals surface area contributed by atoms with E-state index in [1.807, 2.05) is 6.07 Å². The summed E-state index contributed by atoms with van der Waals surface area (Å²) in [7, 11) is 0. The van der Waals surface area contributed by atoms with Gasteiger partial charge >= 0.3 is 12.1 Å². The minimum atomic E-state index is -5.04. The zero-order chi connectivity index (χ0) is 18.9. The van der Waals surface area contributed by atoms with Crippen LogP contribution in [0.4, 0.5) is 13.2 Å². The summed E-state index contributed by atoms with van der Waals surface area (Å²) in [5, 5.41) is 9.48. The van der Waals surface area contributed by atoms with Crippen LogP contribution in [0.5, 0.6) is 5.75 Å². The van der Waals surface area contributed by atoms with Gasteiger partial charge < -0.3 is 14.6 Å². The number of carbonyl (C=O) groups is 1. The Kier molecular flexibility index (Phi) is 5.55. The molecule has 2 aliphatic rings. The van der Waals surface area contributed by atoms with Crippen LogP contribution < -0.4 is 4.74 Å². The zero-order valence-electron chi connectivity index (χ0n) is 14.5. The summed E-state index contributed by atoms with van der Waals surface area (Å²) in [6, 6.07) is 4.92. The van der Waals surface area contributed by atoms with Crippen molar-refractivity contribution in [1.82, 2.24) is 4.90 Å². The van der Waals surface area contributed by atoms with E-state index >= 15 is 0 Å². The Balaban J connectivity index is 1.86. The van der Waals surface area contributed by atoms with E-state index in [-0.39, 0.29) is 30.6 Å². The normalized spacial score (nSPS) is 26.1. The molecule has 3 atom stereocenters. The predicted octanol–water partition coefficient (Wildman–Crippen LogP) is 2.09. The molecular formula is C18H22F3NO4. The number of hydrogen-bond acceptors (Lipinski definition) is 5. The number of ether oxygens (including phenoxy) is 2. The lowest BCUT2D eigenvalue weighted by molar-refractivity contribution is -0.189. The number of nitrogens with zero attached hydrogens (tertiary/aromatic N) is 1. The van der Waals surface area contributed by atoms with E-state index in [0.717, 1.165) is 18.5 Å². The summed E-state index contributed by atoms with van der Waals surface area (Å²) in [6.45, 7) is 3.45. The summed E-state index contributed by atoms with van der Waals surface area (Å²) in [5.41, 5.74) is 1.44. The van der Waals surface area contributed by atoms with E-state index < -0.39 is 12.1 Å². The molecule has 0 spiro atoms. The fraction of sp³-hybridized carbons (Fsp3) is 0.611. The largest absolute Gasteiger partial charge is 0.491 e. The second-order valence-electron chi connectivity index (χ2n) is 6.73. The predicted molar refractivity (Wildman–Crippen MR) is 86.9 cm³/mol. The monoisotopic (exact) mass is 373 g/mol. The second kappa shape index (κ2) is 7.54. The van der Waals surface area contributed by atoms with Crippen LogP contribution in [0, 0.1) is 0 Å². The average molecular weight is 373 g/mol. The van der Waals surface area contributed by atoms with Crippen LogP contribution in [0.3, 0.4) is 0 Å². The summed E-state index contributed by atoms with van der Waals surface area (Å²) in [5.74, 6) is -2.29. The highest BCUT2D eigenvalue weighted by atomic mass is 19.4. The van der Waals surface area contributed by atoms with Crippen LogP contribution in [0.25, 0.3) is 0 Å². The topological polar surface area (TPSA) is 59.0 Å². The van der Waals surface area contributed by atoms with Gasteiger partial charge in [-0.25, -0.2) is 4.79 Å². The highest BCUT2D eigenvalue weighted by Crippen LogP contribution is 2.36. The number of carbonyl (C=O) groups excluding carboxylic acids is 1. The number of hydrogen-bond donors (Lipinski definition) is 1. The number of rotatable bonds is 4. The maximum absolute atomic E-state index is 12.5. The molecular weight excluding hydrogens is 351 g/mol. The van der Waals surface area contributed by atoms with Gasteiger partial charge in [-0.2, -0.15) is 13.2 Å². The molecule has 26 heavy (non-hydrogen) atoms. The van der Waals surface area contributed by atoms with Crippen LogP contribution >= 0.6 is 0 Å². The molecule has 1 aromatic carbocycles. The highest BCUT2D eigenvalue weighted by Gasteiger charge is 2.43. The number of benzene rings is 1. The molecule has 5 nitrogen and oxygen atoms in total. The van der Waals surface area contributed by atoms with Crippen LogP contribution in [-0.2, 0) is 22.4 Å². The molecule has 1 heterocycles. The van der Waals surface area contributed by atoms with Crippen molar-refractivity contribution in [2.24, 2.45) is 0 Å². The van der Waals surface area contributed by atoms with E-state index in [1.165, 1.54) is 6.07 Å². The molecule has 8 heteroatoms. The zero-order valence-corrected chi connectivity index (χ0v) is 14.5. The van der Waals surface area contributed by atoms with Crippen molar-refractivity contribution < 1.29 is 32.5 Å². The molecule has 1 aromatic rings. The van der Waals surface area contributed by atoms with E-state index in [1.54, 1.807) is 6.07 Å². The van der Waals surface area contributed by atoms with Gasteiger partial charge in [-0.1, -0.05) is 19.1 Å². The molecule has 0 bridgehead atoms. The van der Waals surface area contributed by atoms with Gasteiger partial charge in [0, 0.05) is 24.6 Å². The maximum atomic E-state index is 12.5. The van der Waals surface area contributed by atoms with Crippen molar-refractivity contribution in [3.05, 3.63) is 29.3 Å². The highest BCUT2D eigenvalue weighted by molar-refractivity contribution is 5.78. The SMILES string of the molecule is CCCN1C[C@@H](CO)O[C@H]2Cc3c(cccc3OC(=O)C(F)(F)F)C[C@@H]21. The van der Waals surface area contributed by atoms with Crippen LogP contribution in [0.15, 0.2) is 18.2 Å². The molecule has 1 aliphatic carbocycles. The van der Waals surface area contributed by atoms with Gasteiger partial charge in [0.25, 0.3) is 0 Å². The van der Waals surface area contributed by atoms with Crippen molar-refractivity contribution in [3.8, 4) is 5.75 Å². The van der Waals surface area contributed by atoms with E-state index in [0.29, 0.717) is 24.9 Å². The first-order valence-corrected chi connectivity index (χ1v) is 8.73. The maximum Gasteiger partial charge on any atom is 0.491 e. The second-order valence-corrected chi connectivity index (χ2v) is 6.73. The number of alkyl halides is 3. The number of esters is 1. The smallest absolute Gasteiger partial charge is 0.420 e. The Labute approximate surface area is 149 Å². The standard InChI is InChI=1S/C18H22F3NO4/c1-2-6-22-9-12(10-23)25-16-8-13-11(7-14(16)22)4-3-5-15(13)26-17(24)18(19,20)21/h3-5,12,14,16,23H,2,6-10H2,1H3/t12-,14-,16-/m0/s1. The third kappa shape index (κ3) is 3.87. The summed E-state index contributed by atoms with van der Waals surface area (Å²) < 4.78 is 48.2. The fourth-order valence-electron chi connectivity index (χ4n) is 3.82. The van der Waals surface area contributed by atoms with Gasteiger partial charge in [-0.3, -0.25) is 4.90 Å². The minimum Gasteiger partial charge on any atom is -0.420 e. The van der Waals surface area contributed by atoms with Crippen LogP contribution in [0.2, 0.25) is 0 Å². The van der Waals surface area contributed by atoms with Crippen LogP contribution in [0.1, 0.15) is 24.5 Å².